The van der Waals surface area contributed by atoms with Crippen molar-refractivity contribution in [1.82, 2.24) is 34.5 Å². The Hall–Kier alpha value is -5.87. The number of pyridine rings is 1. The maximum atomic E-state index is 15.6. The summed E-state index contributed by atoms with van der Waals surface area (Å²) in [4.78, 5) is 55.6. The lowest BCUT2D eigenvalue weighted by molar-refractivity contribution is -0.134. The molecule has 4 atom stereocenters. The largest absolute Gasteiger partial charge is 0.477 e. The minimum Gasteiger partial charge on any atom is -0.477 e. The molecule has 10 rings (SSSR count). The first-order valence-corrected chi connectivity index (χ1v) is 23.3. The van der Waals surface area contributed by atoms with Crippen LogP contribution in [0.2, 0.25) is 0 Å². The number of halogens is 1. The van der Waals surface area contributed by atoms with Gasteiger partial charge in [0.15, 0.2) is 0 Å². The predicted octanol–water partition coefficient (Wildman–Crippen LogP) is 6.28. The van der Waals surface area contributed by atoms with Gasteiger partial charge in [-0.25, -0.2) is 14.1 Å². The molecule has 3 amide bonds. The average molecular weight is 887 g/mol. The number of imidazole rings is 1. The molecule has 2 unspecified atom stereocenters. The van der Waals surface area contributed by atoms with Gasteiger partial charge in [-0.3, -0.25) is 34.9 Å². The Labute approximate surface area is 378 Å². The monoisotopic (exact) mass is 886 g/mol. The van der Waals surface area contributed by atoms with Crippen molar-refractivity contribution in [2.75, 3.05) is 68.2 Å². The van der Waals surface area contributed by atoms with E-state index in [1.165, 1.54) is 0 Å². The van der Waals surface area contributed by atoms with E-state index in [1.54, 1.807) is 23.9 Å². The molecule has 15 nitrogen and oxygen atoms in total. The second kappa shape index (κ2) is 17.5. The smallest absolute Gasteiger partial charge is 0.258 e. The normalized spacial score (nSPS) is 23.4. The fourth-order valence-electron chi connectivity index (χ4n) is 11.4. The van der Waals surface area contributed by atoms with Crippen molar-refractivity contribution in [1.29, 1.82) is 0 Å². The van der Waals surface area contributed by atoms with Crippen LogP contribution in [0.4, 0.5) is 21.7 Å². The van der Waals surface area contributed by atoms with Crippen LogP contribution in [0.15, 0.2) is 42.5 Å². The Morgan fingerprint density at radius 3 is 2.49 bits per heavy atom. The summed E-state index contributed by atoms with van der Waals surface area (Å²) in [6, 6.07) is 14.0. The number of fused-ring (bicyclic) bond motifs is 9. The average Bonchev–Trinajstić information content (AvgIpc) is 3.97. The Morgan fingerprint density at radius 2 is 1.69 bits per heavy atom. The summed E-state index contributed by atoms with van der Waals surface area (Å²) in [5.74, 6) is -0.0152. The summed E-state index contributed by atoms with van der Waals surface area (Å²) in [6.45, 7) is 11.9. The number of amides is 3. The zero-order valence-corrected chi connectivity index (χ0v) is 38.0. The molecule has 4 aliphatic heterocycles. The maximum Gasteiger partial charge on any atom is 0.258 e. The lowest BCUT2D eigenvalue weighted by Crippen LogP contribution is -2.60. The maximum absolute atomic E-state index is 15.6. The van der Waals surface area contributed by atoms with Gasteiger partial charge in [-0.1, -0.05) is 6.07 Å². The first-order chi connectivity index (χ1) is 31.4. The lowest BCUT2D eigenvalue weighted by atomic mass is 9.88. The third-order valence-electron chi connectivity index (χ3n) is 14.6. The van der Waals surface area contributed by atoms with Gasteiger partial charge < -0.3 is 23.8 Å². The number of nitrogens with zero attached hydrogens (tertiary/aromatic N) is 8. The Kier molecular flexibility index (Phi) is 11.6. The number of benzene rings is 2. The summed E-state index contributed by atoms with van der Waals surface area (Å²) >= 11 is 0. The summed E-state index contributed by atoms with van der Waals surface area (Å²) in [7, 11) is 3.66. The Bertz CT molecular complexity index is 2670. The first kappa shape index (κ1) is 43.0. The van der Waals surface area contributed by atoms with Gasteiger partial charge in [-0.2, -0.15) is 5.10 Å². The number of aryl methyl sites for hydroxylation is 4. The fraction of sp³-hybridized carbons (Fsp3) is 0.510. The van der Waals surface area contributed by atoms with E-state index in [4.69, 9.17) is 19.4 Å². The number of piperazine rings is 1. The van der Waals surface area contributed by atoms with Gasteiger partial charge in [0.25, 0.3) is 5.91 Å². The van der Waals surface area contributed by atoms with Crippen molar-refractivity contribution < 1.29 is 28.2 Å². The van der Waals surface area contributed by atoms with Crippen molar-refractivity contribution in [2.24, 2.45) is 18.9 Å². The topological polar surface area (TPSA) is 152 Å². The second-order valence-electron chi connectivity index (χ2n) is 19.0. The highest BCUT2D eigenvalue weighted by molar-refractivity contribution is 6.05. The van der Waals surface area contributed by atoms with Crippen LogP contribution in [0, 0.1) is 38.4 Å². The number of imide groups is 1. The minimum atomic E-state index is -0.653. The Balaban J connectivity index is 0.864. The predicted molar refractivity (Wildman–Crippen MR) is 246 cm³/mol. The molecule has 5 aromatic rings. The number of carbonyl (C=O) groups excluding carboxylic acids is 3. The van der Waals surface area contributed by atoms with Gasteiger partial charge in [0.1, 0.15) is 5.82 Å². The fourth-order valence-corrected chi connectivity index (χ4v) is 11.4. The number of nitrogens with one attached hydrogen (secondary N) is 2. The molecule has 65 heavy (non-hydrogen) atoms. The molecular weight excluding hydrogens is 828 g/mol. The number of carbonyl (C=O) groups is 3. The van der Waals surface area contributed by atoms with E-state index in [-0.39, 0.29) is 24.3 Å². The zero-order chi connectivity index (χ0) is 45.1. The molecule has 3 aromatic heterocycles. The van der Waals surface area contributed by atoms with E-state index < -0.39 is 17.6 Å². The molecule has 2 aromatic carbocycles. The lowest BCUT2D eigenvalue weighted by Gasteiger charge is -2.48. The van der Waals surface area contributed by atoms with Crippen LogP contribution in [-0.4, -0.2) is 112 Å². The van der Waals surface area contributed by atoms with Crippen molar-refractivity contribution in [3.8, 4) is 17.1 Å². The Morgan fingerprint density at radius 1 is 0.877 bits per heavy atom. The molecule has 5 aliphatic rings. The van der Waals surface area contributed by atoms with Crippen LogP contribution in [0.5, 0.6) is 5.88 Å². The highest BCUT2D eigenvalue weighted by atomic mass is 19.1. The molecule has 0 radical (unpaired) electrons. The SMILES string of the molecule is COC[C@@H]1CN(c2ccc3nc4n(c3c2)CC2CC[C@H](COc3c(c(C)nn3C)-c3cc(cc(C)n3)C(=O)N4)C2)CCN1C1CCN(c2cc(F)c(C3CCC(=O)NC3=O)cc2C)CC1. The van der Waals surface area contributed by atoms with Crippen molar-refractivity contribution in [3.63, 3.8) is 0 Å². The second-order valence-corrected chi connectivity index (χ2v) is 19.0. The van der Waals surface area contributed by atoms with Crippen LogP contribution < -0.4 is 25.2 Å². The number of piperidine rings is 2. The molecule has 4 fully saturated rings. The highest BCUT2D eigenvalue weighted by Gasteiger charge is 2.36. The number of anilines is 3. The zero-order valence-electron chi connectivity index (χ0n) is 38.0. The first-order valence-electron chi connectivity index (χ1n) is 23.3. The van der Waals surface area contributed by atoms with Crippen LogP contribution >= 0.6 is 0 Å². The molecule has 3 saturated heterocycles. The van der Waals surface area contributed by atoms with Gasteiger partial charge in [-0.15, -0.1) is 0 Å². The number of hydrogen-bond donors (Lipinski definition) is 2. The van der Waals surface area contributed by atoms with E-state index in [2.05, 4.69) is 53.2 Å². The standard InChI is InChI=1S/C49H59FN10O5/c1-28-18-38(37-9-11-44(61)53-47(37)63)39(50)23-42(28)57-14-12-34(13-15-57)59-17-16-58(25-36(59)27-64-5)35-8-10-40-43(22-35)60-24-31-6-7-32(20-31)26-65-48-45(30(3)55-56(48)4)41-21-33(19-29(2)51-41)46(62)54-49(60)52-40/h8,10,18-19,21-23,31-32,34,36-37H,6-7,9,11-17,20,24-27H2,1-5H3,(H,52,54,62)(H,53,61,63)/t31?,32-,36-,37?/m0/s1. The van der Waals surface area contributed by atoms with Crippen molar-refractivity contribution >= 4 is 46.1 Å². The minimum absolute atomic E-state index is 0.174. The molecule has 4 bridgehead atoms. The molecular formula is C49H59FN10O5. The molecule has 1 saturated carbocycles. The quantitative estimate of drug-likeness (QED) is 0.185. The highest BCUT2D eigenvalue weighted by Crippen LogP contribution is 2.39. The third kappa shape index (κ3) is 8.35. The molecule has 1 aliphatic carbocycles. The van der Waals surface area contributed by atoms with Gasteiger partial charge in [0, 0.05) is 94.1 Å². The van der Waals surface area contributed by atoms with Gasteiger partial charge >= 0.3 is 0 Å². The van der Waals surface area contributed by atoms with Gasteiger partial charge in [0.2, 0.25) is 23.6 Å². The van der Waals surface area contributed by atoms with E-state index in [0.29, 0.717) is 66.2 Å². The van der Waals surface area contributed by atoms with E-state index in [1.807, 2.05) is 40.0 Å². The van der Waals surface area contributed by atoms with E-state index in [9.17, 15) is 14.4 Å². The number of aromatic nitrogens is 5. The number of methoxy groups -OCH3 is 1. The van der Waals surface area contributed by atoms with Gasteiger partial charge in [0.05, 0.1) is 53.2 Å². The van der Waals surface area contributed by atoms with Crippen LogP contribution in [-0.2, 0) is 27.9 Å². The molecule has 16 heteroatoms. The molecule has 342 valence electrons. The van der Waals surface area contributed by atoms with E-state index >= 15 is 4.39 Å². The summed E-state index contributed by atoms with van der Waals surface area (Å²) in [5.41, 5.74) is 8.60. The molecule has 0 spiro atoms. The number of rotatable bonds is 6. The summed E-state index contributed by atoms with van der Waals surface area (Å²) < 4.78 is 32.0. The van der Waals surface area contributed by atoms with Crippen LogP contribution in [0.25, 0.3) is 22.3 Å². The molecule has 7 heterocycles. The molecule has 2 N–H and O–H groups in total. The van der Waals surface area contributed by atoms with Crippen LogP contribution in [0.3, 0.4) is 0 Å². The summed E-state index contributed by atoms with van der Waals surface area (Å²) in [5, 5.41) is 10.2. The number of hydrogen-bond acceptors (Lipinski definition) is 11. The van der Waals surface area contributed by atoms with Gasteiger partial charge in [-0.05, 0) is 113 Å². The van der Waals surface area contributed by atoms with Crippen LogP contribution in [0.1, 0.15) is 83.7 Å². The van der Waals surface area contributed by atoms with E-state index in [0.717, 1.165) is 116 Å². The number of ether oxygens (including phenoxy) is 2. The van der Waals surface area contributed by atoms with Crippen molar-refractivity contribution in [2.45, 2.75) is 90.3 Å². The summed E-state index contributed by atoms with van der Waals surface area (Å²) in [6.07, 6.45) is 5.54. The van der Waals surface area contributed by atoms with Crippen molar-refractivity contribution in [3.05, 3.63) is 76.4 Å². The third-order valence-corrected chi connectivity index (χ3v) is 14.6.